The van der Waals surface area contributed by atoms with Gasteiger partial charge >= 0.3 is 0 Å². The van der Waals surface area contributed by atoms with E-state index in [1.54, 1.807) is 60.7 Å². The number of carbonyl (C=O) groups excluding carboxylic acids is 3. The van der Waals surface area contributed by atoms with Crippen molar-refractivity contribution in [3.63, 3.8) is 0 Å². The summed E-state index contributed by atoms with van der Waals surface area (Å²) >= 11 is 5.09. The molecule has 0 aliphatic rings. The lowest BCUT2D eigenvalue weighted by Crippen LogP contribution is -2.48. The summed E-state index contributed by atoms with van der Waals surface area (Å²) in [5.74, 6) is -0.432. The molecular formula is C27H28N4O4S. The fourth-order valence-corrected chi connectivity index (χ4v) is 3.27. The summed E-state index contributed by atoms with van der Waals surface area (Å²) in [5.41, 5.74) is 7.76. The minimum atomic E-state index is -0.461. The third kappa shape index (κ3) is 7.92. The first-order valence-corrected chi connectivity index (χ1v) is 11.9. The Labute approximate surface area is 215 Å². The average molecular weight is 505 g/mol. The van der Waals surface area contributed by atoms with E-state index in [4.69, 9.17) is 17.0 Å². The molecule has 0 aliphatic carbocycles. The van der Waals surface area contributed by atoms with Crippen LogP contribution in [0.4, 0.5) is 5.69 Å². The first-order chi connectivity index (χ1) is 17.4. The lowest BCUT2D eigenvalue weighted by Gasteiger charge is -2.12. The third-order valence-corrected chi connectivity index (χ3v) is 5.29. The molecule has 3 aromatic carbocycles. The van der Waals surface area contributed by atoms with Crippen molar-refractivity contribution in [2.24, 2.45) is 0 Å². The molecule has 3 rings (SSSR count). The van der Waals surface area contributed by atoms with E-state index in [0.29, 0.717) is 34.7 Å². The molecule has 3 aromatic rings. The highest BCUT2D eigenvalue weighted by Crippen LogP contribution is 2.14. The lowest BCUT2D eigenvalue weighted by atomic mass is 10.1. The van der Waals surface area contributed by atoms with Crippen molar-refractivity contribution in [1.29, 1.82) is 0 Å². The molecule has 8 nitrogen and oxygen atoms in total. The van der Waals surface area contributed by atoms with E-state index in [0.717, 1.165) is 18.4 Å². The number of nitrogens with one attached hydrogen (secondary N) is 4. The number of hydrogen-bond donors (Lipinski definition) is 4. The molecule has 0 spiro atoms. The van der Waals surface area contributed by atoms with Gasteiger partial charge in [-0.1, -0.05) is 31.0 Å². The Morgan fingerprint density at radius 3 is 2.14 bits per heavy atom. The zero-order chi connectivity index (χ0) is 25.9. The summed E-state index contributed by atoms with van der Waals surface area (Å²) in [4.78, 5) is 37.1. The van der Waals surface area contributed by atoms with Crippen molar-refractivity contribution < 1.29 is 19.1 Å². The second-order valence-electron chi connectivity index (χ2n) is 7.99. The average Bonchev–Trinajstić information content (AvgIpc) is 2.88. The molecule has 0 saturated heterocycles. The number of carbonyl (C=O) groups is 3. The molecule has 0 aliphatic heterocycles. The Bertz CT molecular complexity index is 1230. The van der Waals surface area contributed by atoms with Crippen molar-refractivity contribution in [2.75, 3.05) is 11.9 Å². The van der Waals surface area contributed by atoms with E-state index in [1.165, 1.54) is 0 Å². The Hall–Kier alpha value is -4.24. The maximum atomic E-state index is 12.4. The molecule has 9 heteroatoms. The second-order valence-corrected chi connectivity index (χ2v) is 8.40. The number of benzene rings is 3. The van der Waals surface area contributed by atoms with Gasteiger partial charge in [-0.15, -0.1) is 0 Å². The minimum Gasteiger partial charge on any atom is -0.494 e. The Balaban J connectivity index is 1.45. The van der Waals surface area contributed by atoms with Crippen LogP contribution in [0.3, 0.4) is 0 Å². The summed E-state index contributed by atoms with van der Waals surface area (Å²) in [6.45, 7) is 4.62. The van der Waals surface area contributed by atoms with Crippen LogP contribution in [0.5, 0.6) is 5.75 Å². The molecule has 0 atom stereocenters. The van der Waals surface area contributed by atoms with Crippen LogP contribution < -0.4 is 26.2 Å². The van der Waals surface area contributed by atoms with Crippen LogP contribution in [0.2, 0.25) is 0 Å². The van der Waals surface area contributed by atoms with E-state index in [9.17, 15) is 14.4 Å². The summed E-state index contributed by atoms with van der Waals surface area (Å²) in [6.07, 6.45) is 2.00. The summed E-state index contributed by atoms with van der Waals surface area (Å²) in [6, 6.07) is 20.3. The van der Waals surface area contributed by atoms with Crippen molar-refractivity contribution in [3.8, 4) is 5.75 Å². The van der Waals surface area contributed by atoms with Gasteiger partial charge in [-0.25, -0.2) is 0 Å². The summed E-state index contributed by atoms with van der Waals surface area (Å²) < 4.78 is 5.58. The minimum absolute atomic E-state index is 0.0568. The van der Waals surface area contributed by atoms with Crippen LogP contribution in [0.25, 0.3) is 0 Å². The molecule has 0 radical (unpaired) electrons. The number of hydrazine groups is 1. The molecular weight excluding hydrogens is 476 g/mol. The van der Waals surface area contributed by atoms with Gasteiger partial charge in [0.05, 0.1) is 6.61 Å². The topological polar surface area (TPSA) is 109 Å². The van der Waals surface area contributed by atoms with E-state index in [2.05, 4.69) is 28.4 Å². The van der Waals surface area contributed by atoms with Gasteiger partial charge in [-0.2, -0.15) is 0 Å². The zero-order valence-electron chi connectivity index (χ0n) is 20.1. The van der Waals surface area contributed by atoms with Gasteiger partial charge in [0.25, 0.3) is 17.7 Å². The van der Waals surface area contributed by atoms with Crippen LogP contribution in [0.15, 0.2) is 72.8 Å². The largest absolute Gasteiger partial charge is 0.494 e. The van der Waals surface area contributed by atoms with Crippen LogP contribution >= 0.6 is 12.2 Å². The van der Waals surface area contributed by atoms with Crippen molar-refractivity contribution in [3.05, 3.63) is 95.1 Å². The SMILES string of the molecule is CCCCOc1ccc(C(=O)NC(=S)NNC(=O)c2ccc(NC(=O)c3cccc(C)c3)cc2)cc1. The smallest absolute Gasteiger partial charge is 0.269 e. The highest BCUT2D eigenvalue weighted by molar-refractivity contribution is 7.80. The first kappa shape index (κ1) is 26.4. The Kier molecular flexibility index (Phi) is 9.53. The van der Waals surface area contributed by atoms with E-state index < -0.39 is 11.8 Å². The molecule has 0 bridgehead atoms. The monoisotopic (exact) mass is 504 g/mol. The van der Waals surface area contributed by atoms with E-state index >= 15 is 0 Å². The molecule has 3 amide bonds. The predicted molar refractivity (Wildman–Crippen MR) is 143 cm³/mol. The summed E-state index contributed by atoms with van der Waals surface area (Å²) in [7, 11) is 0. The van der Waals surface area contributed by atoms with Gasteiger partial charge in [0.15, 0.2) is 5.11 Å². The van der Waals surface area contributed by atoms with Crippen LogP contribution in [-0.2, 0) is 0 Å². The quantitative estimate of drug-likeness (QED) is 0.206. The van der Waals surface area contributed by atoms with Gasteiger partial charge in [-0.05, 0) is 86.2 Å². The number of aryl methyl sites for hydroxylation is 1. The van der Waals surface area contributed by atoms with Gasteiger partial charge in [0, 0.05) is 22.4 Å². The molecule has 186 valence electrons. The first-order valence-electron chi connectivity index (χ1n) is 11.5. The second kappa shape index (κ2) is 13.0. The molecule has 0 aromatic heterocycles. The number of ether oxygens (including phenoxy) is 1. The number of amides is 3. The van der Waals surface area contributed by atoms with Crippen LogP contribution in [0.1, 0.15) is 56.4 Å². The van der Waals surface area contributed by atoms with Crippen LogP contribution in [-0.4, -0.2) is 29.4 Å². The molecule has 0 heterocycles. The maximum absolute atomic E-state index is 12.4. The molecule has 4 N–H and O–H groups in total. The van der Waals surface area contributed by atoms with Gasteiger partial charge in [-0.3, -0.25) is 30.6 Å². The fraction of sp³-hybridized carbons (Fsp3) is 0.185. The number of rotatable bonds is 8. The standard InChI is InChI=1S/C27H28N4O4S/c1-3-4-16-35-23-14-10-19(11-15-23)24(32)29-27(36)31-30-26(34)20-8-12-22(13-9-20)28-25(33)21-7-5-6-18(2)17-21/h5-15,17H,3-4,16H2,1-2H3,(H,28,33)(H,30,34)(H2,29,31,32,36). The van der Waals surface area contributed by atoms with Crippen molar-refractivity contribution in [2.45, 2.75) is 26.7 Å². The van der Waals surface area contributed by atoms with Crippen molar-refractivity contribution in [1.82, 2.24) is 16.2 Å². The van der Waals surface area contributed by atoms with Gasteiger partial charge in [0.1, 0.15) is 5.75 Å². The highest BCUT2D eigenvalue weighted by atomic mass is 32.1. The Morgan fingerprint density at radius 1 is 0.806 bits per heavy atom. The molecule has 36 heavy (non-hydrogen) atoms. The zero-order valence-corrected chi connectivity index (χ0v) is 20.9. The van der Waals surface area contributed by atoms with E-state index in [1.807, 2.05) is 19.1 Å². The molecule has 0 unspecified atom stereocenters. The third-order valence-electron chi connectivity index (χ3n) is 5.08. The van der Waals surface area contributed by atoms with E-state index in [-0.39, 0.29) is 11.0 Å². The molecule has 0 saturated carbocycles. The van der Waals surface area contributed by atoms with Gasteiger partial charge in [0.2, 0.25) is 0 Å². The van der Waals surface area contributed by atoms with Crippen LogP contribution in [0, 0.1) is 6.92 Å². The fourth-order valence-electron chi connectivity index (χ4n) is 3.12. The number of anilines is 1. The summed E-state index contributed by atoms with van der Waals surface area (Å²) in [5, 5.41) is 5.24. The maximum Gasteiger partial charge on any atom is 0.269 e. The highest BCUT2D eigenvalue weighted by Gasteiger charge is 2.11. The lowest BCUT2D eigenvalue weighted by molar-refractivity contribution is 0.0934. The Morgan fingerprint density at radius 2 is 1.47 bits per heavy atom. The molecule has 0 fully saturated rings. The van der Waals surface area contributed by atoms with Gasteiger partial charge < -0.3 is 10.1 Å². The van der Waals surface area contributed by atoms with Crippen molar-refractivity contribution >= 4 is 40.7 Å². The number of thiocarbonyl (C=S) groups is 1. The number of hydrogen-bond acceptors (Lipinski definition) is 5. The normalized spacial score (nSPS) is 10.2. The number of unbranched alkanes of at least 4 members (excludes halogenated alkanes) is 1. The predicted octanol–water partition coefficient (Wildman–Crippen LogP) is 4.38.